The van der Waals surface area contributed by atoms with E-state index in [-0.39, 0.29) is 33.1 Å². The van der Waals surface area contributed by atoms with Crippen LogP contribution < -0.4 is 25.4 Å². The van der Waals surface area contributed by atoms with Crippen molar-refractivity contribution in [2.45, 2.75) is 219 Å². The van der Waals surface area contributed by atoms with Gasteiger partial charge < -0.3 is 15.1 Å². The van der Waals surface area contributed by atoms with Gasteiger partial charge in [-0.2, -0.15) is 4.58 Å². The molecule has 1 heterocycles. The normalized spacial score (nSPS) is 16.2. The first-order valence-electron chi connectivity index (χ1n) is 25.3. The highest BCUT2D eigenvalue weighted by molar-refractivity contribution is 5.88. The SMILES string of the molecule is CCCCCCCCCCCCN1C(=Cc2c([O-])c(=[N+](C)c3ccc(C(=O)O)cc3)c2=O)[C@@](CCCCCCCCCC)(CCCCCCCCCCCC)c2ccccc21. The number of anilines is 1. The summed E-state index contributed by atoms with van der Waals surface area (Å²) in [5, 5.41) is 23.7. The second kappa shape index (κ2) is 28.1. The summed E-state index contributed by atoms with van der Waals surface area (Å²) >= 11 is 0. The molecule has 1 aliphatic rings. The zero-order chi connectivity index (χ0) is 43.7. The highest BCUT2D eigenvalue weighted by atomic mass is 16.4. The lowest BCUT2D eigenvalue weighted by molar-refractivity contribution is -0.272. The number of allylic oxidation sites excluding steroid dienone is 1. The molecule has 61 heavy (non-hydrogen) atoms. The number of para-hydroxylation sites is 1. The number of aromatic carboxylic acids is 1. The zero-order valence-corrected chi connectivity index (χ0v) is 39.2. The van der Waals surface area contributed by atoms with Gasteiger partial charge in [-0.3, -0.25) is 4.79 Å². The number of hydrogen-bond acceptors (Lipinski definition) is 4. The summed E-state index contributed by atoms with van der Waals surface area (Å²) in [5.74, 6) is -1.23. The molecule has 0 unspecified atom stereocenters. The number of carboxylic acids is 1. The molecular weight excluding hydrogens is 753 g/mol. The largest absolute Gasteiger partial charge is 0.867 e. The maximum Gasteiger partial charge on any atom is 0.335 e. The van der Waals surface area contributed by atoms with Crippen LogP contribution in [0, 0.1) is 0 Å². The number of carbonyl (C=O) groups is 1. The lowest BCUT2D eigenvalue weighted by atomic mass is 9.71. The number of fused-ring (bicyclic) bond motifs is 1. The second-order valence-electron chi connectivity index (χ2n) is 18.5. The van der Waals surface area contributed by atoms with Crippen molar-refractivity contribution in [3.8, 4) is 5.75 Å². The van der Waals surface area contributed by atoms with Gasteiger partial charge in [0.1, 0.15) is 7.05 Å². The summed E-state index contributed by atoms with van der Waals surface area (Å²) in [5.41, 5.74) is 4.40. The number of carboxylic acid groups (broad SMARTS) is 1. The van der Waals surface area contributed by atoms with Crippen LogP contribution in [0.5, 0.6) is 5.75 Å². The Morgan fingerprint density at radius 3 is 1.49 bits per heavy atom. The van der Waals surface area contributed by atoms with Crippen LogP contribution in [-0.4, -0.2) is 24.7 Å². The van der Waals surface area contributed by atoms with E-state index in [1.807, 2.05) is 6.08 Å². The fraction of sp³-hybridized carbons (Fsp3) is 0.655. The van der Waals surface area contributed by atoms with Crippen LogP contribution in [0.15, 0.2) is 59.0 Å². The standard InChI is InChI=1S/C55H84N2O4/c1-5-8-11-14-17-20-22-25-28-33-42-55(41-32-27-24-19-16-13-10-7-3)48-35-30-31-36-49(48)57(43-34-29-26-23-21-18-15-12-9-6-2)50(55)44-47-52(58)51(53(47)59)56(4)46-39-37-45(38-40-46)54(60)61/h30-31,35-40,44H,5-29,32-34,41-43H2,1-4H3,(H-,58,59,60,61)/t55-/m0/s1. The van der Waals surface area contributed by atoms with Crippen molar-refractivity contribution < 1.29 is 15.0 Å². The molecule has 6 nitrogen and oxygen atoms in total. The molecule has 6 heteroatoms. The van der Waals surface area contributed by atoms with Crippen LogP contribution in [0.1, 0.15) is 235 Å². The van der Waals surface area contributed by atoms with E-state index in [1.54, 1.807) is 23.8 Å². The van der Waals surface area contributed by atoms with Crippen LogP contribution in [-0.2, 0) is 5.41 Å². The fourth-order valence-electron chi connectivity index (χ4n) is 9.91. The smallest absolute Gasteiger partial charge is 0.335 e. The summed E-state index contributed by atoms with van der Waals surface area (Å²) in [6.07, 6.45) is 40.0. The summed E-state index contributed by atoms with van der Waals surface area (Å²) in [4.78, 5) is 28.1. The first-order valence-corrected chi connectivity index (χ1v) is 25.3. The average Bonchev–Trinajstić information content (AvgIpc) is 3.52. The molecule has 0 bridgehead atoms. The van der Waals surface area contributed by atoms with Crippen molar-refractivity contribution in [1.29, 1.82) is 0 Å². The Kier molecular flexibility index (Phi) is 23.0. The predicted octanol–water partition coefficient (Wildman–Crippen LogP) is 14.3. The Morgan fingerprint density at radius 1 is 0.623 bits per heavy atom. The molecule has 0 saturated carbocycles. The summed E-state index contributed by atoms with van der Waals surface area (Å²) in [6, 6.07) is 15.4. The second-order valence-corrected chi connectivity index (χ2v) is 18.5. The molecule has 3 aromatic carbocycles. The van der Waals surface area contributed by atoms with Gasteiger partial charge in [-0.05, 0) is 54.9 Å². The van der Waals surface area contributed by atoms with E-state index in [0.717, 1.165) is 44.3 Å². The molecule has 0 spiro atoms. The quantitative estimate of drug-likeness (QED) is 0.0478. The molecule has 338 valence electrons. The number of hydrogen-bond donors (Lipinski definition) is 1. The lowest BCUT2D eigenvalue weighted by Gasteiger charge is -2.35. The Labute approximate surface area is 371 Å². The van der Waals surface area contributed by atoms with Crippen LogP contribution >= 0.6 is 0 Å². The van der Waals surface area contributed by atoms with Gasteiger partial charge in [0.05, 0.1) is 5.56 Å². The minimum absolute atomic E-state index is 0.148. The van der Waals surface area contributed by atoms with Crippen molar-refractivity contribution in [3.05, 3.63) is 86.5 Å². The van der Waals surface area contributed by atoms with Crippen LogP contribution in [0.2, 0.25) is 0 Å². The number of rotatable bonds is 34. The van der Waals surface area contributed by atoms with Gasteiger partial charge in [-0.25, -0.2) is 4.79 Å². The predicted molar refractivity (Wildman–Crippen MR) is 258 cm³/mol. The van der Waals surface area contributed by atoms with Crippen molar-refractivity contribution in [2.75, 3.05) is 18.5 Å². The highest BCUT2D eigenvalue weighted by Gasteiger charge is 2.46. The van der Waals surface area contributed by atoms with Crippen LogP contribution in [0.4, 0.5) is 11.4 Å². The Balaban J connectivity index is 1.64. The van der Waals surface area contributed by atoms with Crippen LogP contribution in [0.25, 0.3) is 6.08 Å². The van der Waals surface area contributed by atoms with Crippen molar-refractivity contribution in [2.24, 2.45) is 0 Å². The van der Waals surface area contributed by atoms with Gasteiger partial charge in [0.25, 0.3) is 5.43 Å². The summed E-state index contributed by atoms with van der Waals surface area (Å²) in [6.45, 7) is 7.72. The highest BCUT2D eigenvalue weighted by Crippen LogP contribution is 2.54. The van der Waals surface area contributed by atoms with E-state index in [2.05, 4.69) is 49.9 Å². The average molecular weight is 837 g/mol. The molecule has 0 radical (unpaired) electrons. The first-order chi connectivity index (χ1) is 29.8. The molecule has 0 aliphatic carbocycles. The van der Waals surface area contributed by atoms with E-state index in [0.29, 0.717) is 5.69 Å². The molecule has 0 aromatic heterocycles. The minimum atomic E-state index is -1.01. The fourth-order valence-corrected chi connectivity index (χ4v) is 9.91. The van der Waals surface area contributed by atoms with Gasteiger partial charge in [0.15, 0.2) is 0 Å². The molecule has 0 fully saturated rings. The number of nitrogens with zero attached hydrogens (tertiary/aromatic N) is 2. The monoisotopic (exact) mass is 837 g/mol. The maximum atomic E-state index is 14.1. The van der Waals surface area contributed by atoms with E-state index >= 15 is 0 Å². The maximum absolute atomic E-state index is 14.1. The molecular formula is C55H84N2O4. The van der Waals surface area contributed by atoms with E-state index in [9.17, 15) is 19.8 Å². The molecule has 3 aromatic rings. The van der Waals surface area contributed by atoms with E-state index < -0.39 is 5.97 Å². The number of unbranched alkanes of at least 4 members (excludes halogenated alkanes) is 25. The van der Waals surface area contributed by atoms with Gasteiger partial charge in [-0.15, -0.1) is 0 Å². The summed E-state index contributed by atoms with van der Waals surface area (Å²) < 4.78 is 1.63. The zero-order valence-electron chi connectivity index (χ0n) is 39.2. The minimum Gasteiger partial charge on any atom is -0.867 e. The van der Waals surface area contributed by atoms with Crippen molar-refractivity contribution in [1.82, 2.24) is 4.58 Å². The third kappa shape index (κ3) is 15.0. The molecule has 1 atom stereocenters. The summed E-state index contributed by atoms with van der Waals surface area (Å²) in [7, 11) is 1.73. The molecule has 0 amide bonds. The van der Waals surface area contributed by atoms with E-state index in [1.165, 1.54) is 184 Å². The van der Waals surface area contributed by atoms with Gasteiger partial charge in [0, 0.05) is 41.0 Å². The van der Waals surface area contributed by atoms with Crippen molar-refractivity contribution >= 4 is 23.4 Å². The topological polar surface area (TPSA) is 83.7 Å². The lowest BCUT2D eigenvalue weighted by Crippen LogP contribution is -2.46. The Morgan fingerprint density at radius 2 is 1.05 bits per heavy atom. The molecule has 4 rings (SSSR count). The van der Waals surface area contributed by atoms with E-state index in [4.69, 9.17) is 0 Å². The number of benzene rings is 2. The third-order valence-corrected chi connectivity index (χ3v) is 13.7. The first kappa shape index (κ1) is 50.0. The third-order valence-electron chi connectivity index (χ3n) is 13.7. The van der Waals surface area contributed by atoms with Gasteiger partial charge >= 0.3 is 5.97 Å². The molecule has 0 saturated heterocycles. The van der Waals surface area contributed by atoms with Gasteiger partial charge in [-0.1, -0.05) is 212 Å². The Bertz CT molecular complexity index is 1820. The van der Waals surface area contributed by atoms with Crippen LogP contribution in [0.3, 0.4) is 0 Å². The molecule has 1 N–H and O–H groups in total. The van der Waals surface area contributed by atoms with Gasteiger partial charge in [0.2, 0.25) is 11.0 Å². The Hall–Kier alpha value is -3.67. The van der Waals surface area contributed by atoms with Crippen molar-refractivity contribution in [3.63, 3.8) is 0 Å². The molecule has 1 aliphatic heterocycles.